The van der Waals surface area contributed by atoms with Gasteiger partial charge >= 0.3 is 0 Å². The first kappa shape index (κ1) is 20.7. The Morgan fingerprint density at radius 1 is 1.12 bits per heavy atom. The number of fused-ring (bicyclic) bond motifs is 2. The molecule has 2 aromatic heterocycles. The molecule has 2 unspecified atom stereocenters. The molecule has 6 nitrogen and oxygen atoms in total. The molecule has 0 aliphatic carbocycles. The molecular weight excluding hydrogens is 446 g/mol. The van der Waals surface area contributed by atoms with Gasteiger partial charge in [0.2, 0.25) is 6.10 Å². The van der Waals surface area contributed by atoms with Crippen molar-refractivity contribution >= 4 is 44.2 Å². The predicted molar refractivity (Wildman–Crippen MR) is 126 cm³/mol. The number of thiazole rings is 1. The minimum absolute atomic E-state index is 0.223. The second-order valence-corrected chi connectivity index (χ2v) is 9.03. The van der Waals surface area contributed by atoms with Gasteiger partial charge < -0.3 is 9.47 Å². The van der Waals surface area contributed by atoms with Crippen molar-refractivity contribution in [2.24, 2.45) is 0 Å². The summed E-state index contributed by atoms with van der Waals surface area (Å²) in [6, 6.07) is 14.9. The second kappa shape index (κ2) is 8.41. The number of pyridine rings is 1. The summed E-state index contributed by atoms with van der Waals surface area (Å²) < 4.78 is 13.0. The van der Waals surface area contributed by atoms with Crippen molar-refractivity contribution < 1.29 is 14.3 Å². The first-order chi connectivity index (χ1) is 15.5. The smallest absolute Gasteiger partial charge is 0.274 e. The van der Waals surface area contributed by atoms with E-state index in [0.29, 0.717) is 28.2 Å². The summed E-state index contributed by atoms with van der Waals surface area (Å²) in [7, 11) is 0. The lowest BCUT2D eigenvalue weighted by molar-refractivity contribution is -0.130. The molecule has 8 heteroatoms. The Bertz CT molecular complexity index is 1290. The summed E-state index contributed by atoms with van der Waals surface area (Å²) in [5.74, 6) is 0.962. The largest absolute Gasteiger partial charge is 0.482 e. The summed E-state index contributed by atoms with van der Waals surface area (Å²) in [6.45, 7) is 4.08. The normalized spacial score (nSPS) is 17.3. The zero-order chi connectivity index (χ0) is 22.2. The van der Waals surface area contributed by atoms with Crippen LogP contribution in [0, 0.1) is 6.92 Å². The van der Waals surface area contributed by atoms with Crippen LogP contribution in [0.1, 0.15) is 18.1 Å². The molecule has 4 aromatic rings. The third-order valence-corrected chi connectivity index (χ3v) is 6.84. The Balaban J connectivity index is 1.54. The molecule has 0 N–H and O–H groups in total. The summed E-state index contributed by atoms with van der Waals surface area (Å²) >= 11 is 7.74. The van der Waals surface area contributed by atoms with Crippen LogP contribution in [0.25, 0.3) is 10.2 Å². The van der Waals surface area contributed by atoms with Gasteiger partial charge in [-0.1, -0.05) is 41.1 Å². The van der Waals surface area contributed by atoms with E-state index in [2.05, 4.69) is 4.98 Å². The van der Waals surface area contributed by atoms with Crippen LogP contribution in [0.3, 0.4) is 0 Å². The summed E-state index contributed by atoms with van der Waals surface area (Å²) in [5.41, 5.74) is 2.57. The fourth-order valence-corrected chi connectivity index (χ4v) is 4.84. The maximum atomic E-state index is 13.8. The Kier molecular flexibility index (Phi) is 5.45. The number of para-hydroxylation sites is 2. The fourth-order valence-electron chi connectivity index (χ4n) is 3.66. The van der Waals surface area contributed by atoms with E-state index in [9.17, 15) is 4.79 Å². The van der Waals surface area contributed by atoms with Crippen molar-refractivity contribution in [2.75, 3.05) is 4.90 Å². The van der Waals surface area contributed by atoms with Crippen LogP contribution in [0.4, 0.5) is 5.13 Å². The highest BCUT2D eigenvalue weighted by atomic mass is 35.5. The topological polar surface area (TPSA) is 64.6 Å². The lowest BCUT2D eigenvalue weighted by atomic mass is 10.1. The lowest BCUT2D eigenvalue weighted by Gasteiger charge is -2.33. The predicted octanol–water partition coefficient (Wildman–Crippen LogP) is 5.41. The van der Waals surface area contributed by atoms with Crippen molar-refractivity contribution in [1.29, 1.82) is 0 Å². The minimum atomic E-state index is -0.807. The summed E-state index contributed by atoms with van der Waals surface area (Å²) in [6.07, 6.45) is 2.18. The number of anilines is 1. The Hall–Kier alpha value is -3.16. The first-order valence-corrected chi connectivity index (χ1v) is 11.4. The van der Waals surface area contributed by atoms with Gasteiger partial charge in [-0.05, 0) is 55.3 Å². The molecule has 2 aromatic carbocycles. The highest BCUT2D eigenvalue weighted by Crippen LogP contribution is 2.37. The van der Waals surface area contributed by atoms with Gasteiger partial charge in [0.25, 0.3) is 5.91 Å². The van der Waals surface area contributed by atoms with E-state index in [4.69, 9.17) is 26.1 Å². The third-order valence-electron chi connectivity index (χ3n) is 5.38. The summed E-state index contributed by atoms with van der Waals surface area (Å²) in [5, 5.41) is 1.22. The van der Waals surface area contributed by atoms with Crippen LogP contribution in [0.15, 0.2) is 60.9 Å². The van der Waals surface area contributed by atoms with Crippen LogP contribution >= 0.6 is 22.9 Å². The van der Waals surface area contributed by atoms with Gasteiger partial charge in [0.05, 0.1) is 16.8 Å². The van der Waals surface area contributed by atoms with E-state index < -0.39 is 12.2 Å². The van der Waals surface area contributed by atoms with Gasteiger partial charge in [0.15, 0.2) is 16.6 Å². The number of rotatable bonds is 4. The molecule has 0 spiro atoms. The van der Waals surface area contributed by atoms with Gasteiger partial charge in [-0.3, -0.25) is 14.7 Å². The number of hydrogen-bond donors (Lipinski definition) is 0. The number of aromatic nitrogens is 2. The van der Waals surface area contributed by atoms with Gasteiger partial charge in [0, 0.05) is 17.4 Å². The van der Waals surface area contributed by atoms with Crippen molar-refractivity contribution in [3.05, 3.63) is 77.1 Å². The van der Waals surface area contributed by atoms with E-state index in [-0.39, 0.29) is 5.91 Å². The molecule has 1 aliphatic heterocycles. The molecule has 2 atom stereocenters. The van der Waals surface area contributed by atoms with Crippen molar-refractivity contribution in [3.63, 3.8) is 0 Å². The first-order valence-electron chi connectivity index (χ1n) is 10.2. The van der Waals surface area contributed by atoms with Gasteiger partial charge in [-0.2, -0.15) is 0 Å². The number of amides is 1. The molecule has 1 aliphatic rings. The molecule has 0 radical (unpaired) electrons. The molecule has 3 heterocycles. The number of hydrogen-bond acceptors (Lipinski definition) is 6. The number of carbonyl (C=O) groups excluding carboxylic acids is 1. The van der Waals surface area contributed by atoms with Gasteiger partial charge in [-0.25, -0.2) is 4.98 Å². The second-order valence-electron chi connectivity index (χ2n) is 7.61. The molecular formula is C24H20ClN3O3S. The maximum absolute atomic E-state index is 13.8. The van der Waals surface area contributed by atoms with E-state index in [0.717, 1.165) is 21.3 Å². The molecule has 0 bridgehead atoms. The average Bonchev–Trinajstić information content (AvgIpc) is 3.24. The zero-order valence-corrected chi connectivity index (χ0v) is 19.1. The molecule has 1 amide bonds. The number of carbonyl (C=O) groups is 1. The Labute approximate surface area is 194 Å². The van der Waals surface area contributed by atoms with Crippen LogP contribution < -0.4 is 14.4 Å². The SMILES string of the molecule is Cc1c(Cl)ccc2sc(N(Cc3cccnc3)C(=O)C3Oc4ccccc4OC3C)nc12. The highest BCUT2D eigenvalue weighted by molar-refractivity contribution is 7.22. The number of nitrogens with zero attached hydrogens (tertiary/aromatic N) is 3. The number of benzene rings is 2. The van der Waals surface area contributed by atoms with Crippen molar-refractivity contribution in [2.45, 2.75) is 32.6 Å². The number of aryl methyl sites for hydroxylation is 1. The number of ether oxygens (including phenoxy) is 2. The van der Waals surface area contributed by atoms with Crippen LogP contribution in [-0.4, -0.2) is 28.1 Å². The monoisotopic (exact) mass is 465 g/mol. The zero-order valence-electron chi connectivity index (χ0n) is 17.5. The summed E-state index contributed by atoms with van der Waals surface area (Å²) in [4.78, 5) is 24.4. The molecule has 0 fully saturated rings. The average molecular weight is 466 g/mol. The third kappa shape index (κ3) is 3.78. The maximum Gasteiger partial charge on any atom is 0.274 e. The van der Waals surface area contributed by atoms with Crippen LogP contribution in [0.2, 0.25) is 5.02 Å². The quantitative estimate of drug-likeness (QED) is 0.403. The van der Waals surface area contributed by atoms with Crippen LogP contribution in [-0.2, 0) is 11.3 Å². The van der Waals surface area contributed by atoms with Gasteiger partial charge in [-0.15, -0.1) is 0 Å². The standard InChI is InChI=1S/C24H20ClN3O3S/c1-14-17(25)9-10-20-21(14)27-24(32-20)28(13-16-6-5-11-26-12-16)23(29)22-15(2)30-18-7-3-4-8-19(18)31-22/h3-12,15,22H,13H2,1-2H3. The molecule has 0 saturated carbocycles. The van der Waals surface area contributed by atoms with E-state index >= 15 is 0 Å². The molecule has 32 heavy (non-hydrogen) atoms. The molecule has 0 saturated heterocycles. The minimum Gasteiger partial charge on any atom is -0.482 e. The van der Waals surface area contributed by atoms with Crippen molar-refractivity contribution in [3.8, 4) is 11.5 Å². The molecule has 162 valence electrons. The fraction of sp³-hybridized carbons (Fsp3) is 0.208. The Morgan fingerprint density at radius 2 is 1.91 bits per heavy atom. The van der Waals surface area contributed by atoms with E-state index in [1.807, 2.05) is 56.3 Å². The number of halogens is 1. The van der Waals surface area contributed by atoms with E-state index in [1.54, 1.807) is 23.4 Å². The molecule has 5 rings (SSSR count). The lowest BCUT2D eigenvalue weighted by Crippen LogP contribution is -2.50. The van der Waals surface area contributed by atoms with Crippen LogP contribution in [0.5, 0.6) is 11.5 Å². The highest BCUT2D eigenvalue weighted by Gasteiger charge is 2.38. The Morgan fingerprint density at radius 3 is 2.66 bits per heavy atom. The van der Waals surface area contributed by atoms with Crippen molar-refractivity contribution in [1.82, 2.24) is 9.97 Å². The van der Waals surface area contributed by atoms with E-state index in [1.165, 1.54) is 11.3 Å². The van der Waals surface area contributed by atoms with Gasteiger partial charge in [0.1, 0.15) is 6.10 Å².